The van der Waals surface area contributed by atoms with Gasteiger partial charge < -0.3 is 14.2 Å². The zero-order valence-electron chi connectivity index (χ0n) is 15.7. The molecule has 1 aliphatic heterocycles. The number of para-hydroxylation sites is 2. The normalized spacial score (nSPS) is 36.9. The third kappa shape index (κ3) is 2.91. The second-order valence-corrected chi connectivity index (χ2v) is 9.01. The van der Waals surface area contributed by atoms with E-state index in [0.29, 0.717) is 29.3 Å². The lowest BCUT2D eigenvalue weighted by Crippen LogP contribution is -2.53. The quantitative estimate of drug-likeness (QED) is 0.759. The van der Waals surface area contributed by atoms with Gasteiger partial charge in [0.1, 0.15) is 6.61 Å². The number of Topliss-reactive ketones (excluding diaryl/α,β-unsaturated/α-hetero) is 1. The second-order valence-electron chi connectivity index (χ2n) is 9.01. The molecule has 27 heavy (non-hydrogen) atoms. The maximum atomic E-state index is 13.3. The van der Waals surface area contributed by atoms with Crippen LogP contribution in [0, 0.1) is 23.2 Å². The van der Waals surface area contributed by atoms with E-state index in [2.05, 4.69) is 0 Å². The fourth-order valence-corrected chi connectivity index (χ4v) is 6.28. The molecule has 6 rings (SSSR count). The molecule has 144 valence electrons. The molecule has 4 bridgehead atoms. The molecule has 1 aromatic carbocycles. The van der Waals surface area contributed by atoms with Gasteiger partial charge in [0.2, 0.25) is 6.10 Å². The molecule has 1 heterocycles. The van der Waals surface area contributed by atoms with Gasteiger partial charge in [-0.05, 0) is 75.3 Å². The van der Waals surface area contributed by atoms with E-state index in [9.17, 15) is 9.59 Å². The molecule has 0 unspecified atom stereocenters. The monoisotopic (exact) mass is 370 g/mol. The molecule has 0 spiro atoms. The van der Waals surface area contributed by atoms with Crippen LogP contribution in [-0.2, 0) is 14.3 Å². The summed E-state index contributed by atoms with van der Waals surface area (Å²) in [6, 6.07) is 7.25. The number of hydrogen-bond acceptors (Lipinski definition) is 5. The first-order chi connectivity index (χ1) is 13.0. The van der Waals surface area contributed by atoms with Gasteiger partial charge >= 0.3 is 5.97 Å². The molecule has 0 N–H and O–H groups in total. The lowest BCUT2D eigenvalue weighted by atomic mass is 9.48. The highest BCUT2D eigenvalue weighted by atomic mass is 16.6. The van der Waals surface area contributed by atoms with Crippen LogP contribution in [0.15, 0.2) is 24.3 Å². The first kappa shape index (κ1) is 17.1. The van der Waals surface area contributed by atoms with E-state index in [-0.39, 0.29) is 17.8 Å². The summed E-state index contributed by atoms with van der Waals surface area (Å²) >= 11 is 0. The van der Waals surface area contributed by atoms with Crippen molar-refractivity contribution >= 4 is 11.8 Å². The van der Waals surface area contributed by atoms with Crippen LogP contribution in [0.25, 0.3) is 0 Å². The van der Waals surface area contributed by atoms with E-state index in [1.54, 1.807) is 19.1 Å². The molecule has 5 aliphatic rings. The third-order valence-electron chi connectivity index (χ3n) is 6.99. The molecular weight excluding hydrogens is 344 g/mol. The summed E-state index contributed by atoms with van der Waals surface area (Å²) < 4.78 is 16.9. The van der Waals surface area contributed by atoms with Crippen molar-refractivity contribution in [1.82, 2.24) is 0 Å². The van der Waals surface area contributed by atoms with Crippen molar-refractivity contribution in [3.05, 3.63) is 24.3 Å². The van der Waals surface area contributed by atoms with Crippen molar-refractivity contribution in [2.75, 3.05) is 6.61 Å². The Balaban J connectivity index is 1.25. The summed E-state index contributed by atoms with van der Waals surface area (Å²) in [5.41, 5.74) is -0.259. The van der Waals surface area contributed by atoms with Gasteiger partial charge in [0.15, 0.2) is 23.4 Å². The van der Waals surface area contributed by atoms with Crippen molar-refractivity contribution in [2.45, 2.75) is 57.7 Å². The molecule has 4 aliphatic carbocycles. The Kier molecular flexibility index (Phi) is 3.95. The van der Waals surface area contributed by atoms with Crippen molar-refractivity contribution in [2.24, 2.45) is 23.2 Å². The highest BCUT2D eigenvalue weighted by Crippen LogP contribution is 2.60. The molecule has 2 atom stereocenters. The van der Waals surface area contributed by atoms with E-state index >= 15 is 0 Å². The predicted molar refractivity (Wildman–Crippen MR) is 97.5 cm³/mol. The number of esters is 1. The minimum absolute atomic E-state index is 0.105. The number of carbonyl (C=O) groups is 2. The third-order valence-corrected chi connectivity index (χ3v) is 6.99. The number of fused-ring (bicyclic) bond motifs is 1. The molecular formula is C22H26O5. The lowest BCUT2D eigenvalue weighted by Gasteiger charge is -2.56. The number of benzene rings is 1. The molecule has 4 saturated carbocycles. The minimum atomic E-state index is -0.827. The van der Waals surface area contributed by atoms with Gasteiger partial charge in [-0.1, -0.05) is 12.1 Å². The van der Waals surface area contributed by atoms with Gasteiger partial charge in [0.05, 0.1) is 0 Å². The van der Waals surface area contributed by atoms with Crippen molar-refractivity contribution < 1.29 is 23.8 Å². The maximum Gasteiger partial charge on any atom is 0.351 e. The summed E-state index contributed by atoms with van der Waals surface area (Å²) in [6.45, 7) is 1.82. The summed E-state index contributed by atoms with van der Waals surface area (Å²) in [6.07, 6.45) is 5.25. The molecule has 4 fully saturated rings. The molecule has 0 aromatic heterocycles. The van der Waals surface area contributed by atoms with Gasteiger partial charge in [0, 0.05) is 5.41 Å². The first-order valence-electron chi connectivity index (χ1n) is 10.2. The number of hydrogen-bond donors (Lipinski definition) is 0. The molecule has 1 aromatic rings. The number of ether oxygens (including phenoxy) is 3. The Morgan fingerprint density at radius 2 is 1.63 bits per heavy atom. The summed E-state index contributed by atoms with van der Waals surface area (Å²) in [5, 5.41) is 0. The summed E-state index contributed by atoms with van der Waals surface area (Å²) in [4.78, 5) is 25.8. The van der Waals surface area contributed by atoms with Gasteiger partial charge in [-0.2, -0.15) is 0 Å². The fourth-order valence-electron chi connectivity index (χ4n) is 6.28. The van der Waals surface area contributed by atoms with E-state index in [0.717, 1.165) is 19.3 Å². The molecule has 0 radical (unpaired) electrons. The van der Waals surface area contributed by atoms with Crippen LogP contribution in [0.4, 0.5) is 0 Å². The maximum absolute atomic E-state index is 13.3. The van der Waals surface area contributed by atoms with Gasteiger partial charge in [-0.3, -0.25) is 4.79 Å². The molecule has 0 amide bonds. The first-order valence-corrected chi connectivity index (χ1v) is 10.2. The SMILES string of the molecule is C[C@H](OC(=O)[C@@H]1COc2ccccc2O1)C(=O)C12CC3CC(CC(C3)C1)C2. The minimum Gasteiger partial charge on any atom is -0.485 e. The van der Waals surface area contributed by atoms with Gasteiger partial charge in [-0.25, -0.2) is 4.79 Å². The van der Waals surface area contributed by atoms with Crippen molar-refractivity contribution in [1.29, 1.82) is 0 Å². The van der Waals surface area contributed by atoms with Crippen LogP contribution in [0.3, 0.4) is 0 Å². The van der Waals surface area contributed by atoms with E-state index in [4.69, 9.17) is 14.2 Å². The van der Waals surface area contributed by atoms with Crippen LogP contribution in [0.5, 0.6) is 11.5 Å². The smallest absolute Gasteiger partial charge is 0.351 e. The summed E-state index contributed by atoms with van der Waals surface area (Å²) in [7, 11) is 0. The zero-order valence-corrected chi connectivity index (χ0v) is 15.7. The Labute approximate surface area is 159 Å². The fraction of sp³-hybridized carbons (Fsp3) is 0.636. The van der Waals surface area contributed by atoms with Crippen molar-refractivity contribution in [3.63, 3.8) is 0 Å². The lowest BCUT2D eigenvalue weighted by molar-refractivity contribution is -0.170. The standard InChI is InChI=1S/C22H26O5/c1-13(20(23)22-9-14-6-15(10-22)8-16(7-14)11-22)26-21(24)19-12-25-17-4-2-3-5-18(17)27-19/h2-5,13-16,19H,6-12H2,1H3/t13-,14?,15?,16?,19-,22?/m0/s1. The van der Waals surface area contributed by atoms with Crippen molar-refractivity contribution in [3.8, 4) is 11.5 Å². The van der Waals surface area contributed by atoms with E-state index in [1.807, 2.05) is 12.1 Å². The molecule has 5 heteroatoms. The van der Waals surface area contributed by atoms with Gasteiger partial charge in [0.25, 0.3) is 0 Å². The predicted octanol–water partition coefficient (Wildman–Crippen LogP) is 3.54. The average Bonchev–Trinajstić information content (AvgIpc) is 2.65. The van der Waals surface area contributed by atoms with E-state index in [1.165, 1.54) is 19.3 Å². The Morgan fingerprint density at radius 1 is 1.04 bits per heavy atom. The Hall–Kier alpha value is -2.04. The highest BCUT2D eigenvalue weighted by molar-refractivity contribution is 5.91. The number of carbonyl (C=O) groups excluding carboxylic acids is 2. The topological polar surface area (TPSA) is 61.8 Å². The van der Waals surface area contributed by atoms with Crippen LogP contribution in [0.1, 0.15) is 45.4 Å². The number of ketones is 1. The zero-order chi connectivity index (χ0) is 18.6. The van der Waals surface area contributed by atoms with Crippen LogP contribution in [0.2, 0.25) is 0 Å². The highest BCUT2D eigenvalue weighted by Gasteiger charge is 2.55. The average molecular weight is 370 g/mol. The van der Waals surface area contributed by atoms with Crippen LogP contribution in [-0.4, -0.2) is 30.6 Å². The van der Waals surface area contributed by atoms with E-state index < -0.39 is 18.2 Å². The molecule has 0 saturated heterocycles. The Bertz CT molecular complexity index is 734. The van der Waals surface area contributed by atoms with Crippen LogP contribution >= 0.6 is 0 Å². The summed E-state index contributed by atoms with van der Waals surface area (Å²) in [5.74, 6) is 2.83. The Morgan fingerprint density at radius 3 is 2.26 bits per heavy atom. The van der Waals surface area contributed by atoms with Gasteiger partial charge in [-0.15, -0.1) is 0 Å². The van der Waals surface area contributed by atoms with Crippen LogP contribution < -0.4 is 9.47 Å². The molecule has 5 nitrogen and oxygen atoms in total. The largest absolute Gasteiger partial charge is 0.485 e. The second kappa shape index (κ2) is 6.25. The number of rotatable bonds is 4.